The normalized spacial score (nSPS) is 12.8. The monoisotopic (exact) mass is 274 g/mol. The van der Waals surface area contributed by atoms with Crippen LogP contribution in [-0.4, -0.2) is 34.1 Å². The summed E-state index contributed by atoms with van der Waals surface area (Å²) < 4.78 is 1.76. The van der Waals surface area contributed by atoms with Crippen molar-refractivity contribution in [2.45, 2.75) is 26.1 Å². The van der Waals surface area contributed by atoms with Crippen molar-refractivity contribution in [1.29, 1.82) is 0 Å². The fourth-order valence-electron chi connectivity index (χ4n) is 1.02. The number of nitrogens with zero attached hydrogens (tertiary/aromatic N) is 2. The minimum absolute atomic E-state index is 0.285. The van der Waals surface area contributed by atoms with Gasteiger partial charge in [-0.15, -0.1) is 0 Å². The zero-order chi connectivity index (χ0) is 13.0. The Kier molecular flexibility index (Phi) is 13.8. The molecule has 0 radical (unpaired) electrons. The number of rotatable bonds is 2. The fourth-order valence-corrected chi connectivity index (χ4v) is 7.89. The van der Waals surface area contributed by atoms with Gasteiger partial charge in [-0.1, -0.05) is 0 Å². The van der Waals surface area contributed by atoms with E-state index in [1.807, 2.05) is 0 Å². The summed E-state index contributed by atoms with van der Waals surface area (Å²) in [5.41, 5.74) is 0. The second kappa shape index (κ2) is 11.8. The van der Waals surface area contributed by atoms with Gasteiger partial charge in [0.1, 0.15) is 0 Å². The van der Waals surface area contributed by atoms with Crippen molar-refractivity contribution in [3.8, 4) is 0 Å². The first kappa shape index (κ1) is 18.7. The summed E-state index contributed by atoms with van der Waals surface area (Å²) in [5, 5.41) is 7.00. The van der Waals surface area contributed by atoms with Gasteiger partial charge in [0.15, 0.2) is 0 Å². The molecule has 0 aromatic carbocycles. The van der Waals surface area contributed by atoms with E-state index < -0.39 is 5.94 Å². The molecule has 0 aliphatic heterocycles. The standard InChI is InChI=1S/C5H5.C3H9Si.2C2H6N.Ti/c1-2-4-5-3-1;1-4(2)3;2*1-3-2;/h1-3H,4H2;1-3H3;2*1-2H3;/q;;2*-1;+2. The molecule has 0 spiro atoms. The second-order valence-corrected chi connectivity index (χ2v) is 18.5. The Labute approximate surface area is 111 Å². The van der Waals surface area contributed by atoms with Gasteiger partial charge in [0.2, 0.25) is 0 Å². The van der Waals surface area contributed by atoms with Gasteiger partial charge in [-0.05, 0) is 0 Å². The molecule has 0 fully saturated rings. The third kappa shape index (κ3) is 16.7. The van der Waals surface area contributed by atoms with Crippen molar-refractivity contribution in [2.24, 2.45) is 0 Å². The Morgan fingerprint density at radius 2 is 1.50 bits per heavy atom. The van der Waals surface area contributed by atoms with Crippen LogP contribution in [0.3, 0.4) is 0 Å². The SMILES string of the molecule is C[N-]C.C[N-]C.C[Si](C)(C)[Ti+2][C]1=CC=CC1. The van der Waals surface area contributed by atoms with Crippen LogP contribution in [0.1, 0.15) is 6.42 Å². The third-order valence-electron chi connectivity index (χ3n) is 1.31. The van der Waals surface area contributed by atoms with E-state index in [-0.39, 0.29) is 18.4 Å². The Bertz CT molecular complexity index is 206. The van der Waals surface area contributed by atoms with E-state index in [1.165, 1.54) is 6.42 Å². The summed E-state index contributed by atoms with van der Waals surface area (Å²) >= 11 is 0.285. The molecule has 0 heterocycles. The van der Waals surface area contributed by atoms with Crippen molar-refractivity contribution in [2.75, 3.05) is 28.2 Å². The van der Waals surface area contributed by atoms with Gasteiger partial charge in [-0.25, -0.2) is 0 Å². The van der Waals surface area contributed by atoms with Gasteiger partial charge in [0.05, 0.1) is 0 Å². The number of allylic oxidation sites excluding steroid dienone is 4. The first-order valence-corrected chi connectivity index (χ1v) is 12.1. The fraction of sp³-hybridized carbons (Fsp3) is 0.667. The summed E-state index contributed by atoms with van der Waals surface area (Å²) in [5.74, 6) is -0.706. The van der Waals surface area contributed by atoms with E-state index in [2.05, 4.69) is 48.5 Å². The minimum atomic E-state index is -0.706. The van der Waals surface area contributed by atoms with E-state index in [0.29, 0.717) is 0 Å². The molecule has 0 N–H and O–H groups in total. The molecule has 92 valence electrons. The molecule has 1 aliphatic rings. The van der Waals surface area contributed by atoms with Gasteiger partial charge in [-0.3, -0.25) is 0 Å². The molecule has 0 saturated carbocycles. The van der Waals surface area contributed by atoms with Crippen LogP contribution in [0, 0.1) is 0 Å². The van der Waals surface area contributed by atoms with Crippen LogP contribution >= 0.6 is 0 Å². The van der Waals surface area contributed by atoms with Gasteiger partial charge in [0.25, 0.3) is 0 Å². The first-order valence-electron chi connectivity index (χ1n) is 5.51. The molecule has 1 aliphatic carbocycles. The van der Waals surface area contributed by atoms with E-state index in [0.717, 1.165) is 0 Å². The topological polar surface area (TPSA) is 28.2 Å². The maximum absolute atomic E-state index is 3.50. The molecule has 0 bridgehead atoms. The average Bonchev–Trinajstić information content (AvgIpc) is 2.56. The zero-order valence-electron chi connectivity index (χ0n) is 11.8. The molecule has 0 atom stereocenters. The molecule has 1 rings (SSSR count). The Hall–Kier alpha value is 0.331. The van der Waals surface area contributed by atoms with Crippen LogP contribution in [0.15, 0.2) is 22.1 Å². The van der Waals surface area contributed by atoms with Crippen molar-refractivity contribution < 1.29 is 18.4 Å². The van der Waals surface area contributed by atoms with E-state index in [1.54, 1.807) is 32.1 Å². The van der Waals surface area contributed by atoms with Gasteiger partial charge in [0, 0.05) is 0 Å². The summed E-state index contributed by atoms with van der Waals surface area (Å²) in [6, 6.07) is 0. The Balaban J connectivity index is 0. The average molecular weight is 274 g/mol. The molecular weight excluding hydrogens is 248 g/mol. The summed E-state index contributed by atoms with van der Waals surface area (Å²) in [6.07, 6.45) is 8.08. The summed E-state index contributed by atoms with van der Waals surface area (Å²) in [7, 11) is 7.00. The Morgan fingerprint density at radius 1 is 1.06 bits per heavy atom. The number of hydrogen-bond acceptors (Lipinski definition) is 0. The maximum atomic E-state index is 3.50. The molecule has 16 heavy (non-hydrogen) atoms. The van der Waals surface area contributed by atoms with Crippen molar-refractivity contribution >= 4 is 5.94 Å². The van der Waals surface area contributed by atoms with E-state index >= 15 is 0 Å². The molecule has 2 nitrogen and oxygen atoms in total. The van der Waals surface area contributed by atoms with Crippen LogP contribution in [0.2, 0.25) is 19.6 Å². The summed E-state index contributed by atoms with van der Waals surface area (Å²) in [4.78, 5) is 0. The van der Waals surface area contributed by atoms with Crippen molar-refractivity contribution in [3.63, 3.8) is 0 Å². The second-order valence-electron chi connectivity index (χ2n) is 4.59. The molecule has 0 amide bonds. The molecule has 4 heteroatoms. The Morgan fingerprint density at radius 3 is 1.75 bits per heavy atom. The molecule has 0 unspecified atom stereocenters. The van der Waals surface area contributed by atoms with Gasteiger partial charge >= 0.3 is 72.5 Å². The van der Waals surface area contributed by atoms with Crippen LogP contribution in [0.5, 0.6) is 0 Å². The molecule has 0 aromatic rings. The zero-order valence-corrected chi connectivity index (χ0v) is 14.4. The quantitative estimate of drug-likeness (QED) is 0.681. The van der Waals surface area contributed by atoms with Crippen molar-refractivity contribution in [3.05, 3.63) is 32.7 Å². The predicted molar refractivity (Wildman–Crippen MR) is 75.6 cm³/mol. The molecule has 0 aromatic heterocycles. The van der Waals surface area contributed by atoms with Crippen LogP contribution in [0.4, 0.5) is 0 Å². The van der Waals surface area contributed by atoms with Crippen LogP contribution < -0.4 is 0 Å². The van der Waals surface area contributed by atoms with Crippen molar-refractivity contribution in [1.82, 2.24) is 0 Å². The molecule has 0 saturated heterocycles. The van der Waals surface area contributed by atoms with E-state index in [4.69, 9.17) is 0 Å². The predicted octanol–water partition coefficient (Wildman–Crippen LogP) is 3.99. The van der Waals surface area contributed by atoms with Crippen LogP contribution in [0.25, 0.3) is 10.6 Å². The van der Waals surface area contributed by atoms with E-state index in [9.17, 15) is 0 Å². The molecular formula is C12H26N2SiTi. The summed E-state index contributed by atoms with van der Waals surface area (Å²) in [6.45, 7) is 7.44. The number of hydrogen-bond donors (Lipinski definition) is 0. The van der Waals surface area contributed by atoms with Crippen LogP contribution in [-0.2, 0) is 18.4 Å². The van der Waals surface area contributed by atoms with Gasteiger partial charge < -0.3 is 10.6 Å². The first-order chi connectivity index (χ1) is 7.41. The van der Waals surface area contributed by atoms with Gasteiger partial charge in [-0.2, -0.15) is 28.2 Å². The third-order valence-corrected chi connectivity index (χ3v) is 7.97.